The standard InChI is InChI=1S/C11H16N2S/c1-3-4-9(2)13-8-11-6-5-10(7-12)14-11/h5-6,9,13H,3-4,8H2,1-2H3. The fraction of sp³-hybridized carbons (Fsp3) is 0.545. The molecule has 1 aromatic heterocycles. The molecule has 0 saturated carbocycles. The molecule has 1 atom stereocenters. The fourth-order valence-corrected chi connectivity index (χ4v) is 2.10. The van der Waals surface area contributed by atoms with Crippen LogP contribution in [0.15, 0.2) is 12.1 Å². The molecule has 76 valence electrons. The van der Waals surface area contributed by atoms with Gasteiger partial charge in [0.25, 0.3) is 0 Å². The third kappa shape index (κ3) is 3.49. The maximum Gasteiger partial charge on any atom is 0.110 e. The predicted molar refractivity (Wildman–Crippen MR) is 60.2 cm³/mol. The van der Waals surface area contributed by atoms with Crippen molar-refractivity contribution < 1.29 is 0 Å². The molecule has 0 radical (unpaired) electrons. The number of nitrogens with one attached hydrogen (secondary N) is 1. The summed E-state index contributed by atoms with van der Waals surface area (Å²) in [7, 11) is 0. The SMILES string of the molecule is CCCC(C)NCc1ccc(C#N)s1. The van der Waals surface area contributed by atoms with Crippen molar-refractivity contribution in [2.24, 2.45) is 0 Å². The van der Waals surface area contributed by atoms with Gasteiger partial charge in [0.1, 0.15) is 10.9 Å². The highest BCUT2D eigenvalue weighted by molar-refractivity contribution is 7.12. The zero-order valence-electron chi connectivity index (χ0n) is 8.71. The van der Waals surface area contributed by atoms with Gasteiger partial charge in [0, 0.05) is 17.5 Å². The van der Waals surface area contributed by atoms with Crippen molar-refractivity contribution in [2.45, 2.75) is 39.3 Å². The van der Waals surface area contributed by atoms with E-state index in [-0.39, 0.29) is 0 Å². The van der Waals surface area contributed by atoms with Gasteiger partial charge in [0.05, 0.1) is 0 Å². The molecule has 0 aliphatic rings. The second-order valence-corrected chi connectivity index (χ2v) is 4.62. The topological polar surface area (TPSA) is 35.8 Å². The lowest BCUT2D eigenvalue weighted by molar-refractivity contribution is 0.511. The predicted octanol–water partition coefficient (Wildman–Crippen LogP) is 2.90. The number of hydrogen-bond donors (Lipinski definition) is 1. The number of nitrogens with zero attached hydrogens (tertiary/aromatic N) is 1. The van der Waals surface area contributed by atoms with Crippen molar-refractivity contribution in [2.75, 3.05) is 0 Å². The van der Waals surface area contributed by atoms with Crippen LogP contribution in [0.5, 0.6) is 0 Å². The molecule has 0 aromatic carbocycles. The Kier molecular flexibility index (Phi) is 4.64. The molecule has 1 rings (SSSR count). The Morgan fingerprint density at radius 2 is 2.36 bits per heavy atom. The Morgan fingerprint density at radius 3 is 2.93 bits per heavy atom. The van der Waals surface area contributed by atoms with E-state index in [0.29, 0.717) is 6.04 Å². The van der Waals surface area contributed by atoms with E-state index < -0.39 is 0 Å². The largest absolute Gasteiger partial charge is 0.309 e. The average Bonchev–Trinajstić information content (AvgIpc) is 2.63. The fourth-order valence-electron chi connectivity index (χ4n) is 1.34. The zero-order chi connectivity index (χ0) is 10.4. The highest BCUT2D eigenvalue weighted by Crippen LogP contribution is 2.15. The molecule has 0 aliphatic carbocycles. The Balaban J connectivity index is 2.35. The Hall–Kier alpha value is -0.850. The summed E-state index contributed by atoms with van der Waals surface area (Å²) in [6.07, 6.45) is 2.42. The Bertz CT molecular complexity index is 311. The van der Waals surface area contributed by atoms with Crippen LogP contribution in [0.4, 0.5) is 0 Å². The quantitative estimate of drug-likeness (QED) is 0.807. The van der Waals surface area contributed by atoms with Crippen LogP contribution in [0.2, 0.25) is 0 Å². The summed E-state index contributed by atoms with van der Waals surface area (Å²) in [5.41, 5.74) is 0. The van der Waals surface area contributed by atoms with E-state index in [1.165, 1.54) is 17.7 Å². The van der Waals surface area contributed by atoms with Crippen molar-refractivity contribution >= 4 is 11.3 Å². The molecule has 1 aromatic rings. The van der Waals surface area contributed by atoms with Crippen LogP contribution in [-0.4, -0.2) is 6.04 Å². The Morgan fingerprint density at radius 1 is 1.57 bits per heavy atom. The van der Waals surface area contributed by atoms with E-state index >= 15 is 0 Å². The summed E-state index contributed by atoms with van der Waals surface area (Å²) in [5, 5.41) is 12.1. The van der Waals surface area contributed by atoms with Gasteiger partial charge in [-0.25, -0.2) is 0 Å². The lowest BCUT2D eigenvalue weighted by Crippen LogP contribution is -2.24. The summed E-state index contributed by atoms with van der Waals surface area (Å²) in [6, 6.07) is 6.62. The van der Waals surface area contributed by atoms with Crippen LogP contribution in [0, 0.1) is 11.3 Å². The van der Waals surface area contributed by atoms with E-state index in [4.69, 9.17) is 5.26 Å². The van der Waals surface area contributed by atoms with Gasteiger partial charge >= 0.3 is 0 Å². The third-order valence-corrected chi connectivity index (χ3v) is 3.11. The van der Waals surface area contributed by atoms with Crippen molar-refractivity contribution in [3.63, 3.8) is 0 Å². The van der Waals surface area contributed by atoms with Crippen molar-refractivity contribution in [3.8, 4) is 6.07 Å². The van der Waals surface area contributed by atoms with E-state index in [1.54, 1.807) is 11.3 Å². The molecule has 14 heavy (non-hydrogen) atoms. The zero-order valence-corrected chi connectivity index (χ0v) is 9.53. The molecule has 0 bridgehead atoms. The summed E-state index contributed by atoms with van der Waals surface area (Å²) in [4.78, 5) is 2.04. The van der Waals surface area contributed by atoms with Gasteiger partial charge in [-0.15, -0.1) is 11.3 Å². The van der Waals surface area contributed by atoms with Gasteiger partial charge in [0.2, 0.25) is 0 Å². The minimum Gasteiger partial charge on any atom is -0.309 e. The molecule has 3 heteroatoms. The van der Waals surface area contributed by atoms with E-state index in [0.717, 1.165) is 11.4 Å². The van der Waals surface area contributed by atoms with Gasteiger partial charge < -0.3 is 5.32 Å². The summed E-state index contributed by atoms with van der Waals surface area (Å²) in [6.45, 7) is 5.27. The van der Waals surface area contributed by atoms with Crippen molar-refractivity contribution in [3.05, 3.63) is 21.9 Å². The Labute approximate surface area is 89.6 Å². The van der Waals surface area contributed by atoms with E-state index in [1.807, 2.05) is 12.1 Å². The molecule has 0 fully saturated rings. The van der Waals surface area contributed by atoms with Gasteiger partial charge in [-0.3, -0.25) is 0 Å². The van der Waals surface area contributed by atoms with Gasteiger partial charge in [0.15, 0.2) is 0 Å². The number of thiophene rings is 1. The molecule has 0 amide bonds. The first kappa shape index (κ1) is 11.2. The normalized spacial score (nSPS) is 12.4. The lowest BCUT2D eigenvalue weighted by atomic mass is 10.2. The first-order chi connectivity index (χ1) is 6.76. The van der Waals surface area contributed by atoms with Gasteiger partial charge in [-0.1, -0.05) is 13.3 Å². The van der Waals surface area contributed by atoms with Crippen molar-refractivity contribution in [1.29, 1.82) is 5.26 Å². The molecule has 0 spiro atoms. The second kappa shape index (κ2) is 5.79. The van der Waals surface area contributed by atoms with Crippen LogP contribution < -0.4 is 5.32 Å². The second-order valence-electron chi connectivity index (χ2n) is 3.45. The minimum absolute atomic E-state index is 0.563. The lowest BCUT2D eigenvalue weighted by Gasteiger charge is -2.10. The summed E-state index contributed by atoms with van der Waals surface area (Å²) >= 11 is 1.57. The third-order valence-electron chi connectivity index (χ3n) is 2.12. The van der Waals surface area contributed by atoms with Crippen LogP contribution in [0.1, 0.15) is 36.4 Å². The van der Waals surface area contributed by atoms with Crippen LogP contribution in [0.3, 0.4) is 0 Å². The van der Waals surface area contributed by atoms with Crippen LogP contribution in [-0.2, 0) is 6.54 Å². The minimum atomic E-state index is 0.563. The van der Waals surface area contributed by atoms with Crippen LogP contribution >= 0.6 is 11.3 Å². The average molecular weight is 208 g/mol. The van der Waals surface area contributed by atoms with E-state index in [2.05, 4.69) is 25.2 Å². The number of rotatable bonds is 5. The molecule has 1 N–H and O–H groups in total. The van der Waals surface area contributed by atoms with Crippen LogP contribution in [0.25, 0.3) is 0 Å². The molecule has 1 heterocycles. The maximum absolute atomic E-state index is 8.65. The number of nitriles is 1. The van der Waals surface area contributed by atoms with Gasteiger partial charge in [-0.05, 0) is 25.5 Å². The highest BCUT2D eigenvalue weighted by atomic mass is 32.1. The molecular weight excluding hydrogens is 192 g/mol. The molecular formula is C11H16N2S. The first-order valence-corrected chi connectivity index (χ1v) is 5.80. The van der Waals surface area contributed by atoms with E-state index in [9.17, 15) is 0 Å². The molecule has 1 unspecified atom stereocenters. The highest BCUT2D eigenvalue weighted by Gasteiger charge is 2.02. The molecule has 2 nitrogen and oxygen atoms in total. The smallest absolute Gasteiger partial charge is 0.110 e. The summed E-state index contributed by atoms with van der Waals surface area (Å²) < 4.78 is 0. The molecule has 0 saturated heterocycles. The summed E-state index contributed by atoms with van der Waals surface area (Å²) in [5.74, 6) is 0. The first-order valence-electron chi connectivity index (χ1n) is 4.98. The molecule has 0 aliphatic heterocycles. The monoisotopic (exact) mass is 208 g/mol. The van der Waals surface area contributed by atoms with Crippen molar-refractivity contribution in [1.82, 2.24) is 5.32 Å². The van der Waals surface area contributed by atoms with Gasteiger partial charge in [-0.2, -0.15) is 5.26 Å². The maximum atomic E-state index is 8.65. The number of hydrogen-bond acceptors (Lipinski definition) is 3.